The van der Waals surface area contributed by atoms with Crippen molar-refractivity contribution in [3.63, 3.8) is 0 Å². The molecule has 1 saturated carbocycles. The number of amides is 1. The monoisotopic (exact) mass is 731 g/mol. The lowest BCUT2D eigenvalue weighted by Crippen LogP contribution is -2.69. The minimum atomic E-state index is -1.34. The van der Waals surface area contributed by atoms with E-state index in [-0.39, 0.29) is 44.2 Å². The second-order valence-electron chi connectivity index (χ2n) is 14.1. The Bertz CT molecular complexity index is 1610. The van der Waals surface area contributed by atoms with Gasteiger partial charge < -0.3 is 38.9 Å². The van der Waals surface area contributed by atoms with E-state index in [1.54, 1.807) is 24.1 Å². The Morgan fingerprint density at radius 1 is 1.11 bits per heavy atom. The van der Waals surface area contributed by atoms with Gasteiger partial charge in [-0.1, -0.05) is 42.3 Å². The summed E-state index contributed by atoms with van der Waals surface area (Å²) in [4.78, 5) is 25.6. The topological polar surface area (TPSA) is 132 Å². The maximum absolute atomic E-state index is 13.7. The summed E-state index contributed by atoms with van der Waals surface area (Å²) in [6.45, 7) is 12.9. The number of likely N-dealkylation sites (N-methyl/N-ethyl adjacent to an activating group) is 1. The number of unbranched alkanes of at least 4 members (excludes halogenated alkanes) is 2. The molecule has 1 aliphatic heterocycles. The maximum atomic E-state index is 13.7. The average molecular weight is 732 g/mol. The quantitative estimate of drug-likeness (QED) is 0.0820. The molecule has 2 aromatic rings. The summed E-state index contributed by atoms with van der Waals surface area (Å²) in [5, 5.41) is 24.3. The minimum absolute atomic E-state index is 0.106. The van der Waals surface area contributed by atoms with Crippen LogP contribution in [0.2, 0.25) is 0 Å². The van der Waals surface area contributed by atoms with Crippen molar-refractivity contribution in [3.05, 3.63) is 90.3 Å². The van der Waals surface area contributed by atoms with Crippen molar-refractivity contribution in [1.82, 2.24) is 9.88 Å². The normalized spacial score (nSPS) is 25.0. The molecule has 0 saturated heterocycles. The fourth-order valence-corrected chi connectivity index (χ4v) is 8.26. The first kappa shape index (κ1) is 40.0. The fraction of sp³-hybridized carbons (Fsp3) is 0.548. The number of ether oxygens (including phenoxy) is 4. The lowest BCUT2D eigenvalue weighted by Gasteiger charge is -2.59. The van der Waals surface area contributed by atoms with Crippen LogP contribution in [0.1, 0.15) is 81.2 Å². The Morgan fingerprint density at radius 3 is 2.62 bits per heavy atom. The molecule has 0 radical (unpaired) electrons. The van der Waals surface area contributed by atoms with Crippen LogP contribution < -0.4 is 9.47 Å². The van der Waals surface area contributed by atoms with Gasteiger partial charge in [0.2, 0.25) is 5.79 Å². The zero-order valence-electron chi connectivity index (χ0n) is 31.6. The summed E-state index contributed by atoms with van der Waals surface area (Å²) in [6.07, 6.45) is 10.8. The van der Waals surface area contributed by atoms with E-state index in [2.05, 4.69) is 35.4 Å². The number of pyridine rings is 1. The zero-order chi connectivity index (χ0) is 37.8. The molecule has 1 aromatic heterocycles. The van der Waals surface area contributed by atoms with E-state index >= 15 is 0 Å². The number of nitrogens with zero attached hydrogens (tertiary/aromatic N) is 3. The van der Waals surface area contributed by atoms with E-state index in [0.29, 0.717) is 50.4 Å². The second-order valence-corrected chi connectivity index (χ2v) is 14.1. The maximum Gasteiger partial charge on any atom is 0.409 e. The number of allylic oxidation sites excluding steroid dienone is 1. The third kappa shape index (κ3) is 9.13. The predicted molar refractivity (Wildman–Crippen MR) is 204 cm³/mol. The molecule has 1 amide bonds. The third-order valence-corrected chi connectivity index (χ3v) is 10.6. The van der Waals surface area contributed by atoms with Gasteiger partial charge in [-0.25, -0.2) is 4.79 Å². The van der Waals surface area contributed by atoms with Gasteiger partial charge in [-0.2, -0.15) is 0 Å². The summed E-state index contributed by atoms with van der Waals surface area (Å²) in [7, 11) is 1.72. The molecule has 5 rings (SSSR count). The fourth-order valence-electron chi connectivity index (χ4n) is 8.26. The molecule has 288 valence electrons. The second kappa shape index (κ2) is 19.2. The molecule has 0 bridgehead atoms. The first-order valence-electron chi connectivity index (χ1n) is 19.1. The number of hydrogen-bond acceptors (Lipinski definition) is 10. The molecule has 1 aromatic carbocycles. The molecule has 11 nitrogen and oxygen atoms in total. The van der Waals surface area contributed by atoms with Crippen molar-refractivity contribution in [2.24, 2.45) is 22.9 Å². The average Bonchev–Trinajstić information content (AvgIpc) is 3.16. The van der Waals surface area contributed by atoms with Gasteiger partial charge in [0.15, 0.2) is 0 Å². The van der Waals surface area contributed by atoms with E-state index in [1.165, 1.54) is 0 Å². The van der Waals surface area contributed by atoms with E-state index in [1.807, 2.05) is 44.2 Å². The highest BCUT2D eigenvalue weighted by atomic mass is 16.7. The van der Waals surface area contributed by atoms with Crippen molar-refractivity contribution in [2.75, 3.05) is 40.1 Å². The SMILES string of the molecule is C=CCCOC(=O)N(C)[C@H]1CC(=NOCC)C2=C[C@H](CCCCO)[C@@H](CCCCO)[C@@H]3c4cc(OCc5cccc(C)n5)ccc4O[C@@]1(OCC=C)[C@H]23. The van der Waals surface area contributed by atoms with Crippen LogP contribution in [0.5, 0.6) is 11.5 Å². The Morgan fingerprint density at radius 2 is 1.91 bits per heavy atom. The molecule has 3 aliphatic rings. The molecule has 0 unspecified atom stereocenters. The summed E-state index contributed by atoms with van der Waals surface area (Å²) >= 11 is 0. The van der Waals surface area contributed by atoms with Crippen molar-refractivity contribution in [2.45, 2.75) is 89.6 Å². The number of aliphatic hydroxyl groups is 2. The number of carbonyl (C=O) groups is 1. The highest BCUT2D eigenvalue weighted by molar-refractivity contribution is 6.02. The Balaban J connectivity index is 1.70. The van der Waals surface area contributed by atoms with Crippen LogP contribution in [-0.2, 0) is 20.9 Å². The van der Waals surface area contributed by atoms with Gasteiger partial charge in [-0.3, -0.25) is 4.98 Å². The first-order chi connectivity index (χ1) is 25.8. The van der Waals surface area contributed by atoms with Crippen LogP contribution in [0.4, 0.5) is 4.79 Å². The summed E-state index contributed by atoms with van der Waals surface area (Å²) in [6, 6.07) is 11.2. The summed E-state index contributed by atoms with van der Waals surface area (Å²) < 4.78 is 26.1. The Kier molecular flexibility index (Phi) is 14.5. The van der Waals surface area contributed by atoms with Crippen LogP contribution in [0.25, 0.3) is 0 Å². The molecule has 1 fully saturated rings. The number of fused-ring (bicyclic) bond motifs is 2. The van der Waals surface area contributed by atoms with Gasteiger partial charge in [0.05, 0.1) is 30.5 Å². The van der Waals surface area contributed by atoms with Gasteiger partial charge in [0, 0.05) is 43.9 Å². The van der Waals surface area contributed by atoms with Crippen LogP contribution in [0.15, 0.2) is 78.5 Å². The zero-order valence-corrected chi connectivity index (χ0v) is 31.6. The highest BCUT2D eigenvalue weighted by Gasteiger charge is 2.65. The van der Waals surface area contributed by atoms with E-state index in [0.717, 1.165) is 53.9 Å². The molecule has 2 aliphatic carbocycles. The number of benzene rings is 1. The molecule has 0 spiro atoms. The van der Waals surface area contributed by atoms with Crippen molar-refractivity contribution in [3.8, 4) is 11.5 Å². The van der Waals surface area contributed by atoms with Gasteiger partial charge in [0.1, 0.15) is 30.8 Å². The summed E-state index contributed by atoms with van der Waals surface area (Å²) in [5.74, 6) is -0.313. The number of aromatic nitrogens is 1. The third-order valence-electron chi connectivity index (χ3n) is 10.6. The van der Waals surface area contributed by atoms with Crippen LogP contribution in [-0.4, -0.2) is 83.8 Å². The van der Waals surface area contributed by atoms with Crippen LogP contribution in [0, 0.1) is 24.7 Å². The molecule has 2 heterocycles. The summed E-state index contributed by atoms with van der Waals surface area (Å²) in [5.41, 5.74) is 4.46. The largest absolute Gasteiger partial charge is 0.487 e. The Hall–Kier alpha value is -4.19. The van der Waals surface area contributed by atoms with Gasteiger partial charge in [0.25, 0.3) is 0 Å². The number of carbonyl (C=O) groups excluding carboxylic acids is 1. The van der Waals surface area contributed by atoms with Crippen molar-refractivity contribution >= 4 is 11.8 Å². The minimum Gasteiger partial charge on any atom is -0.487 e. The molecular weight excluding hydrogens is 674 g/mol. The number of hydrogen-bond donors (Lipinski definition) is 2. The number of rotatable bonds is 20. The lowest BCUT2D eigenvalue weighted by molar-refractivity contribution is -0.253. The Labute approximate surface area is 314 Å². The smallest absolute Gasteiger partial charge is 0.409 e. The van der Waals surface area contributed by atoms with Gasteiger partial charge in [-0.15, -0.1) is 13.2 Å². The first-order valence-corrected chi connectivity index (χ1v) is 19.1. The van der Waals surface area contributed by atoms with E-state index in [9.17, 15) is 15.0 Å². The van der Waals surface area contributed by atoms with Crippen LogP contribution >= 0.6 is 0 Å². The number of oxime groups is 1. The number of aliphatic hydroxyl groups excluding tert-OH is 2. The number of aryl methyl sites for hydroxylation is 1. The van der Waals surface area contributed by atoms with Crippen molar-refractivity contribution < 1.29 is 38.8 Å². The van der Waals surface area contributed by atoms with Gasteiger partial charge >= 0.3 is 6.09 Å². The molecule has 11 heteroatoms. The molecule has 6 atom stereocenters. The molecule has 2 N–H and O–H groups in total. The molecular formula is C42H57N3O8. The van der Waals surface area contributed by atoms with E-state index < -0.39 is 23.8 Å². The molecule has 53 heavy (non-hydrogen) atoms. The standard InChI is InChI=1S/C42H57N3O8/c1-6-9-24-49-41(48)45(5)38-27-36(44-52-8-3)34-25-30(16-10-12-21-46)33(18-11-13-22-47)39-35-26-32(50-28-31-17-14-15-29(4)43-31)19-20-37(35)53-42(38,40(34)39)51-23-7-2/h6-7,14-15,17,19-20,25-26,30,33,38-40,46-47H,1-2,8-13,16,18,21-24,27-28H2,3-5H3/t30-,33+,38-,39+,40+,42+/m0/s1. The van der Waals surface area contributed by atoms with Gasteiger partial charge in [-0.05, 0) is 93.7 Å². The van der Waals surface area contributed by atoms with Crippen LogP contribution in [0.3, 0.4) is 0 Å². The predicted octanol–water partition coefficient (Wildman–Crippen LogP) is 7.27. The van der Waals surface area contributed by atoms with E-state index in [4.69, 9.17) is 23.8 Å². The van der Waals surface area contributed by atoms with Crippen molar-refractivity contribution in [1.29, 1.82) is 0 Å². The highest BCUT2D eigenvalue weighted by Crippen LogP contribution is 2.61. The lowest BCUT2D eigenvalue weighted by atomic mass is 9.55.